The average Bonchev–Trinajstić information content (AvgIpc) is 2.45. The number of methoxy groups -OCH3 is 1. The number of amides is 1. The van der Waals surface area contributed by atoms with E-state index in [0.29, 0.717) is 17.9 Å². The molecule has 0 saturated heterocycles. The molecule has 0 saturated carbocycles. The molecule has 0 radical (unpaired) electrons. The number of carbonyl (C=O) groups excluding carboxylic acids is 2. The third-order valence-electron chi connectivity index (χ3n) is 3.71. The molecule has 1 aromatic rings. The van der Waals surface area contributed by atoms with Crippen molar-refractivity contribution in [1.82, 2.24) is 5.32 Å². The van der Waals surface area contributed by atoms with Crippen LogP contribution in [0.25, 0.3) is 0 Å². The summed E-state index contributed by atoms with van der Waals surface area (Å²) in [5.74, 6) is 0.133. The highest BCUT2D eigenvalue weighted by Gasteiger charge is 2.21. The van der Waals surface area contributed by atoms with Gasteiger partial charge in [-0.2, -0.15) is 0 Å². The van der Waals surface area contributed by atoms with E-state index >= 15 is 0 Å². The summed E-state index contributed by atoms with van der Waals surface area (Å²) in [7, 11) is 3.05. The number of nitrogens with one attached hydrogen (secondary N) is 1. The molecule has 1 amide bonds. The van der Waals surface area contributed by atoms with Gasteiger partial charge >= 0.3 is 5.97 Å². The van der Waals surface area contributed by atoms with Gasteiger partial charge in [0.2, 0.25) is 5.91 Å². The first-order valence-electron chi connectivity index (χ1n) is 6.54. The molecule has 0 heterocycles. The zero-order valence-electron chi connectivity index (χ0n) is 11.4. The van der Waals surface area contributed by atoms with Gasteiger partial charge in [-0.05, 0) is 48.4 Å². The molecule has 1 N–H and O–H groups in total. The van der Waals surface area contributed by atoms with Gasteiger partial charge in [0.05, 0.1) is 12.7 Å². The Labute approximate surface area is 113 Å². The quantitative estimate of drug-likeness (QED) is 0.843. The number of aryl methyl sites for hydroxylation is 1. The van der Waals surface area contributed by atoms with Crippen molar-refractivity contribution in [1.29, 1.82) is 0 Å². The molecule has 1 atom stereocenters. The minimum Gasteiger partial charge on any atom is -0.465 e. The van der Waals surface area contributed by atoms with Crippen molar-refractivity contribution in [3.05, 3.63) is 34.9 Å². The molecule has 1 aromatic carbocycles. The summed E-state index contributed by atoms with van der Waals surface area (Å²) in [6.45, 7) is 0. The maximum absolute atomic E-state index is 11.5. The van der Waals surface area contributed by atoms with Crippen LogP contribution in [0.3, 0.4) is 0 Å². The molecule has 2 rings (SSSR count). The van der Waals surface area contributed by atoms with E-state index < -0.39 is 0 Å². The molecule has 102 valence electrons. The molecule has 0 aliphatic heterocycles. The molecule has 19 heavy (non-hydrogen) atoms. The highest BCUT2D eigenvalue weighted by molar-refractivity contribution is 5.89. The fourth-order valence-corrected chi connectivity index (χ4v) is 2.62. The number of esters is 1. The number of benzene rings is 1. The molecule has 4 nitrogen and oxygen atoms in total. The van der Waals surface area contributed by atoms with Crippen LogP contribution in [0.15, 0.2) is 18.2 Å². The molecule has 0 fully saturated rings. The van der Waals surface area contributed by atoms with Gasteiger partial charge in [0, 0.05) is 13.5 Å². The number of hydrogen-bond donors (Lipinski definition) is 1. The average molecular weight is 261 g/mol. The van der Waals surface area contributed by atoms with Gasteiger partial charge in [0.25, 0.3) is 0 Å². The molecule has 4 heteroatoms. The number of carbonyl (C=O) groups is 2. The van der Waals surface area contributed by atoms with E-state index in [9.17, 15) is 9.59 Å². The van der Waals surface area contributed by atoms with Crippen molar-refractivity contribution < 1.29 is 14.3 Å². The summed E-state index contributed by atoms with van der Waals surface area (Å²) in [5, 5.41) is 2.66. The minimum absolute atomic E-state index is 0.0811. The van der Waals surface area contributed by atoms with Crippen LogP contribution in [0.5, 0.6) is 0 Å². The smallest absolute Gasteiger partial charge is 0.337 e. The van der Waals surface area contributed by atoms with Gasteiger partial charge in [0.15, 0.2) is 0 Å². The van der Waals surface area contributed by atoms with Gasteiger partial charge < -0.3 is 10.1 Å². The predicted octanol–water partition coefficient (Wildman–Crippen LogP) is 1.71. The monoisotopic (exact) mass is 261 g/mol. The van der Waals surface area contributed by atoms with E-state index in [-0.39, 0.29) is 11.9 Å². The van der Waals surface area contributed by atoms with E-state index in [1.165, 1.54) is 18.2 Å². The molecule has 0 aromatic heterocycles. The Bertz CT molecular complexity index is 496. The maximum atomic E-state index is 11.5. The Morgan fingerprint density at radius 1 is 1.37 bits per heavy atom. The van der Waals surface area contributed by atoms with Crippen LogP contribution in [0.4, 0.5) is 0 Å². The highest BCUT2D eigenvalue weighted by Crippen LogP contribution is 2.28. The predicted molar refractivity (Wildman–Crippen MR) is 72.0 cm³/mol. The first-order valence-corrected chi connectivity index (χ1v) is 6.54. The Hall–Kier alpha value is -1.84. The van der Waals surface area contributed by atoms with Crippen LogP contribution in [0, 0.1) is 5.92 Å². The van der Waals surface area contributed by atoms with Crippen molar-refractivity contribution in [2.75, 3.05) is 14.2 Å². The lowest BCUT2D eigenvalue weighted by molar-refractivity contribution is -0.121. The molecule has 0 bridgehead atoms. The summed E-state index contributed by atoms with van der Waals surface area (Å²) in [5.41, 5.74) is 3.03. The van der Waals surface area contributed by atoms with Crippen molar-refractivity contribution >= 4 is 11.9 Å². The second-order valence-electron chi connectivity index (χ2n) is 4.96. The summed E-state index contributed by atoms with van der Waals surface area (Å²) in [6.07, 6.45) is 3.41. The minimum atomic E-state index is -0.309. The van der Waals surface area contributed by atoms with Crippen molar-refractivity contribution in [2.24, 2.45) is 5.92 Å². The third kappa shape index (κ3) is 3.13. The normalized spacial score (nSPS) is 17.5. The zero-order chi connectivity index (χ0) is 13.8. The van der Waals surface area contributed by atoms with Gasteiger partial charge in [-0.15, -0.1) is 0 Å². The molecule has 1 aliphatic rings. The van der Waals surface area contributed by atoms with Crippen LogP contribution in [-0.4, -0.2) is 26.0 Å². The summed E-state index contributed by atoms with van der Waals surface area (Å²) >= 11 is 0. The molecule has 1 aliphatic carbocycles. The molecule has 1 unspecified atom stereocenters. The second-order valence-corrected chi connectivity index (χ2v) is 4.96. The zero-order valence-corrected chi connectivity index (χ0v) is 11.4. The van der Waals surface area contributed by atoms with Gasteiger partial charge in [-0.25, -0.2) is 4.79 Å². The summed E-state index contributed by atoms with van der Waals surface area (Å²) in [6, 6.07) is 5.71. The summed E-state index contributed by atoms with van der Waals surface area (Å²) in [4.78, 5) is 22.9. The number of ether oxygens (including phenoxy) is 1. The summed E-state index contributed by atoms with van der Waals surface area (Å²) < 4.78 is 4.73. The van der Waals surface area contributed by atoms with Crippen molar-refractivity contribution in [3.8, 4) is 0 Å². The van der Waals surface area contributed by atoms with Gasteiger partial charge in [-0.3, -0.25) is 4.79 Å². The Kier molecular flexibility index (Phi) is 4.20. The lowest BCUT2D eigenvalue weighted by Gasteiger charge is -2.24. The van der Waals surface area contributed by atoms with Crippen LogP contribution in [-0.2, 0) is 22.4 Å². The number of hydrogen-bond acceptors (Lipinski definition) is 3. The van der Waals surface area contributed by atoms with E-state index in [0.717, 1.165) is 19.3 Å². The topological polar surface area (TPSA) is 55.4 Å². The van der Waals surface area contributed by atoms with Crippen LogP contribution >= 0.6 is 0 Å². The van der Waals surface area contributed by atoms with Crippen LogP contribution in [0.2, 0.25) is 0 Å². The Morgan fingerprint density at radius 2 is 2.16 bits per heavy atom. The Morgan fingerprint density at radius 3 is 2.84 bits per heavy atom. The molecular weight excluding hydrogens is 242 g/mol. The standard InChI is InChI=1S/C15H19NO3/c1-16-14(17)8-10-3-4-11-5-6-12(15(18)19-2)9-13(11)7-10/h5-6,9-10H,3-4,7-8H2,1-2H3,(H,16,17). The highest BCUT2D eigenvalue weighted by atomic mass is 16.5. The number of fused-ring (bicyclic) bond motifs is 1. The fourth-order valence-electron chi connectivity index (χ4n) is 2.62. The van der Waals surface area contributed by atoms with Crippen molar-refractivity contribution in [3.63, 3.8) is 0 Å². The lowest BCUT2D eigenvalue weighted by Crippen LogP contribution is -2.24. The van der Waals surface area contributed by atoms with Gasteiger partial charge in [-0.1, -0.05) is 6.07 Å². The number of rotatable bonds is 3. The maximum Gasteiger partial charge on any atom is 0.337 e. The van der Waals surface area contributed by atoms with Crippen molar-refractivity contribution in [2.45, 2.75) is 25.7 Å². The van der Waals surface area contributed by atoms with E-state index in [4.69, 9.17) is 4.74 Å². The molecular formula is C15H19NO3. The second kappa shape index (κ2) is 5.87. The van der Waals surface area contributed by atoms with Gasteiger partial charge in [0.1, 0.15) is 0 Å². The first kappa shape index (κ1) is 13.6. The largest absolute Gasteiger partial charge is 0.465 e. The van der Waals surface area contributed by atoms with Crippen LogP contribution < -0.4 is 5.32 Å². The Balaban J connectivity index is 2.14. The molecule has 0 spiro atoms. The van der Waals surface area contributed by atoms with E-state index in [1.807, 2.05) is 18.2 Å². The third-order valence-corrected chi connectivity index (χ3v) is 3.71. The van der Waals surface area contributed by atoms with Crippen LogP contribution in [0.1, 0.15) is 34.3 Å². The van der Waals surface area contributed by atoms with E-state index in [1.54, 1.807) is 7.05 Å². The lowest BCUT2D eigenvalue weighted by atomic mass is 9.81. The van der Waals surface area contributed by atoms with E-state index in [2.05, 4.69) is 5.32 Å². The first-order chi connectivity index (χ1) is 9.13. The fraction of sp³-hybridized carbons (Fsp3) is 0.467. The SMILES string of the molecule is CNC(=O)CC1CCc2ccc(C(=O)OC)cc2C1.